The van der Waals surface area contributed by atoms with Gasteiger partial charge in [-0.1, -0.05) is 68.5 Å². The van der Waals surface area contributed by atoms with Gasteiger partial charge < -0.3 is 14.3 Å². The van der Waals surface area contributed by atoms with Crippen LogP contribution in [0.4, 0.5) is 20.8 Å². The maximum Gasteiger partial charge on any atom is 0.399 e. The van der Waals surface area contributed by atoms with Crippen molar-refractivity contribution in [3.63, 3.8) is 0 Å². The molecule has 0 bridgehead atoms. The summed E-state index contributed by atoms with van der Waals surface area (Å²) in [6, 6.07) is 22.7. The van der Waals surface area contributed by atoms with Gasteiger partial charge in [0, 0.05) is 15.7 Å². The lowest BCUT2D eigenvalue weighted by Gasteiger charge is -2.21. The van der Waals surface area contributed by atoms with Gasteiger partial charge in [0.05, 0.1) is 28.3 Å². The van der Waals surface area contributed by atoms with Crippen molar-refractivity contribution >= 4 is 64.4 Å². The van der Waals surface area contributed by atoms with E-state index in [9.17, 15) is 23.5 Å². The van der Waals surface area contributed by atoms with E-state index >= 15 is 0 Å². The SMILES string of the molecule is O=C(O)c1cccc(Oc2cccc(-c3nnc(N(Cc4ccc(CP(=O)(OF)OF)c(Br)c4)c4ccc(Cl)c(Cl)c4)o3)c2)c1. The molecule has 0 aliphatic heterocycles. The first kappa shape index (κ1) is 32.6. The Morgan fingerprint density at radius 3 is 2.36 bits per heavy atom. The van der Waals surface area contributed by atoms with Crippen LogP contribution >= 0.6 is 46.7 Å². The Bertz CT molecular complexity index is 1910. The molecule has 5 rings (SSSR count). The monoisotopic (exact) mass is 739 g/mol. The van der Waals surface area contributed by atoms with Gasteiger partial charge in [-0.2, -0.15) is 0 Å². The van der Waals surface area contributed by atoms with Gasteiger partial charge in [-0.25, -0.2) is 4.79 Å². The van der Waals surface area contributed by atoms with Crippen LogP contribution in [0.3, 0.4) is 0 Å². The molecule has 232 valence electrons. The number of carbonyl (C=O) groups is 1. The Morgan fingerprint density at radius 1 is 0.933 bits per heavy atom. The fourth-order valence-corrected chi connectivity index (χ4v) is 6.04. The molecule has 16 heteroatoms. The van der Waals surface area contributed by atoms with Gasteiger partial charge in [0.15, 0.2) is 0 Å². The molecular formula is C29H19BrCl2F2N3O7P. The van der Waals surface area contributed by atoms with Crippen LogP contribution in [-0.2, 0) is 26.7 Å². The molecule has 0 unspecified atom stereocenters. The minimum absolute atomic E-state index is 0.0804. The van der Waals surface area contributed by atoms with E-state index in [0.29, 0.717) is 37.8 Å². The van der Waals surface area contributed by atoms with Gasteiger partial charge in [0.25, 0.3) is 0 Å². The van der Waals surface area contributed by atoms with E-state index < -0.39 is 19.7 Å². The predicted molar refractivity (Wildman–Crippen MR) is 165 cm³/mol. The average Bonchev–Trinajstić information content (AvgIpc) is 3.53. The molecule has 0 aliphatic rings. The van der Waals surface area contributed by atoms with Crippen LogP contribution in [0.1, 0.15) is 21.5 Å². The number of rotatable bonds is 12. The van der Waals surface area contributed by atoms with Gasteiger partial charge in [-0.15, -0.1) is 14.6 Å². The molecule has 0 fully saturated rings. The number of nitrogens with zero attached hydrogens (tertiary/aromatic N) is 3. The maximum absolute atomic E-state index is 12.6. The first-order valence-corrected chi connectivity index (χ1v) is 16.0. The van der Waals surface area contributed by atoms with Crippen molar-refractivity contribution in [3.05, 3.63) is 116 Å². The highest BCUT2D eigenvalue weighted by Gasteiger charge is 2.29. The minimum Gasteiger partial charge on any atom is -0.478 e. The standard InChI is InChI=1S/C29H19BrCl2F2N3O7P/c30-24-11-17(7-8-20(24)16-45(40,43-33)44-34)15-37(21-9-10-25(31)26(32)14-21)29-36-35-27(42-29)18-3-1-5-22(12-18)41-23-6-2-4-19(13-23)28(38)39/h1-14H,15-16H2,(H,38,39). The molecule has 0 saturated heterocycles. The van der Waals surface area contributed by atoms with Crippen LogP contribution in [0.2, 0.25) is 10.0 Å². The van der Waals surface area contributed by atoms with Crippen LogP contribution < -0.4 is 9.64 Å². The summed E-state index contributed by atoms with van der Waals surface area (Å²) in [4.78, 5) is 13.0. The van der Waals surface area contributed by atoms with Crippen molar-refractivity contribution in [3.8, 4) is 23.0 Å². The van der Waals surface area contributed by atoms with E-state index in [1.54, 1.807) is 71.6 Å². The van der Waals surface area contributed by atoms with Crippen LogP contribution in [0.25, 0.3) is 11.5 Å². The van der Waals surface area contributed by atoms with E-state index in [4.69, 9.17) is 32.4 Å². The number of ether oxygens (including phenoxy) is 1. The van der Waals surface area contributed by atoms with Crippen LogP contribution in [0.5, 0.6) is 11.5 Å². The molecule has 0 atom stereocenters. The molecule has 1 aromatic heterocycles. The van der Waals surface area contributed by atoms with Crippen molar-refractivity contribution in [1.29, 1.82) is 0 Å². The summed E-state index contributed by atoms with van der Waals surface area (Å²) in [7, 11) is -4.60. The molecule has 1 N–H and O–H groups in total. The van der Waals surface area contributed by atoms with Crippen LogP contribution in [0, 0.1) is 0 Å². The Kier molecular flexibility index (Phi) is 10.2. The summed E-state index contributed by atoms with van der Waals surface area (Å²) in [5, 5.41) is 18.3. The molecule has 4 aromatic carbocycles. The van der Waals surface area contributed by atoms with E-state index in [1.165, 1.54) is 18.2 Å². The second-order valence-corrected chi connectivity index (χ2v) is 12.9. The van der Waals surface area contributed by atoms with E-state index in [2.05, 4.69) is 35.6 Å². The summed E-state index contributed by atoms with van der Waals surface area (Å²) < 4.78 is 55.9. The first-order chi connectivity index (χ1) is 21.6. The molecule has 0 spiro atoms. The normalized spacial score (nSPS) is 11.4. The zero-order chi connectivity index (χ0) is 32.1. The van der Waals surface area contributed by atoms with Crippen LogP contribution in [0.15, 0.2) is 93.8 Å². The molecule has 10 nitrogen and oxygen atoms in total. The molecule has 1 heterocycles. The summed E-state index contributed by atoms with van der Waals surface area (Å²) >= 11 is 15.8. The fraction of sp³-hybridized carbons (Fsp3) is 0.0690. The predicted octanol–water partition coefficient (Wildman–Crippen LogP) is 10.1. The van der Waals surface area contributed by atoms with Gasteiger partial charge in [0.2, 0.25) is 5.89 Å². The number of aromatic nitrogens is 2. The molecule has 0 radical (unpaired) electrons. The summed E-state index contributed by atoms with van der Waals surface area (Å²) in [6.45, 7) is 0.151. The van der Waals surface area contributed by atoms with E-state index in [0.717, 1.165) is 0 Å². The highest BCUT2D eigenvalue weighted by molar-refractivity contribution is 9.10. The Balaban J connectivity index is 1.44. The zero-order valence-electron chi connectivity index (χ0n) is 22.6. The third kappa shape index (κ3) is 7.88. The molecular weight excluding hydrogens is 722 g/mol. The molecule has 0 aliphatic carbocycles. The summed E-state index contributed by atoms with van der Waals surface area (Å²) in [6.07, 6.45) is -0.655. The lowest BCUT2D eigenvalue weighted by molar-refractivity contribution is -0.0881. The van der Waals surface area contributed by atoms with Gasteiger partial charge in [0.1, 0.15) is 11.5 Å². The van der Waals surface area contributed by atoms with Crippen molar-refractivity contribution in [1.82, 2.24) is 10.2 Å². The quantitative estimate of drug-likeness (QED) is 0.124. The second kappa shape index (κ2) is 14.1. The van der Waals surface area contributed by atoms with E-state index in [1.807, 2.05) is 0 Å². The smallest absolute Gasteiger partial charge is 0.399 e. The maximum atomic E-state index is 12.6. The largest absolute Gasteiger partial charge is 0.478 e. The number of benzene rings is 4. The number of carboxylic acid groups (broad SMARTS) is 1. The second-order valence-electron chi connectivity index (χ2n) is 9.37. The molecule has 0 amide bonds. The summed E-state index contributed by atoms with van der Waals surface area (Å²) in [5.41, 5.74) is 2.10. The summed E-state index contributed by atoms with van der Waals surface area (Å²) in [5.74, 6) is -0.184. The van der Waals surface area contributed by atoms with Crippen molar-refractivity contribution in [2.75, 3.05) is 4.90 Å². The Morgan fingerprint density at radius 2 is 1.67 bits per heavy atom. The number of aromatic carboxylic acids is 1. The average molecular weight is 741 g/mol. The lowest BCUT2D eigenvalue weighted by atomic mass is 10.1. The Labute approximate surface area is 272 Å². The minimum atomic E-state index is -4.60. The number of carboxylic acids is 1. The number of anilines is 2. The van der Waals surface area contributed by atoms with Gasteiger partial charge in [-0.3, -0.25) is 9.46 Å². The molecule has 45 heavy (non-hydrogen) atoms. The van der Waals surface area contributed by atoms with Crippen molar-refractivity contribution in [2.45, 2.75) is 12.7 Å². The fourth-order valence-electron chi connectivity index (χ4n) is 4.15. The topological polar surface area (TPSA) is 124 Å². The Hall–Kier alpha value is -3.84. The molecule has 5 aromatic rings. The highest BCUT2D eigenvalue weighted by Crippen LogP contribution is 2.53. The van der Waals surface area contributed by atoms with Gasteiger partial charge >= 0.3 is 19.6 Å². The lowest BCUT2D eigenvalue weighted by Crippen LogP contribution is -2.17. The highest BCUT2D eigenvalue weighted by atomic mass is 79.9. The third-order valence-corrected chi connectivity index (χ3v) is 8.92. The van der Waals surface area contributed by atoms with Gasteiger partial charge in [-0.05, 0) is 80.8 Å². The number of halogens is 5. The molecule has 0 saturated carbocycles. The first-order valence-electron chi connectivity index (χ1n) is 12.7. The van der Waals surface area contributed by atoms with Crippen molar-refractivity contribution in [2.24, 2.45) is 0 Å². The van der Waals surface area contributed by atoms with Crippen LogP contribution in [-0.4, -0.2) is 21.3 Å². The van der Waals surface area contributed by atoms with Crippen molar-refractivity contribution < 1.29 is 42.1 Å². The number of hydrogen-bond acceptors (Lipinski definition) is 9. The zero-order valence-corrected chi connectivity index (χ0v) is 26.6. The third-order valence-electron chi connectivity index (χ3n) is 6.29. The van der Waals surface area contributed by atoms with E-state index in [-0.39, 0.29) is 34.6 Å². The number of hydrogen-bond donors (Lipinski definition) is 1.